The molecule has 0 saturated carbocycles. The first-order chi connectivity index (χ1) is 22.5. The second kappa shape index (κ2) is 12.9. The van der Waals surface area contributed by atoms with Crippen molar-refractivity contribution in [1.29, 1.82) is 0 Å². The molecule has 11 heteroatoms. The van der Waals surface area contributed by atoms with Gasteiger partial charge in [-0.3, -0.25) is 19.3 Å². The number of nitrogens with zero attached hydrogens (tertiary/aromatic N) is 1. The predicted octanol–water partition coefficient (Wildman–Crippen LogP) is 4.71. The Kier molecular flexibility index (Phi) is 8.74. The summed E-state index contributed by atoms with van der Waals surface area (Å²) in [5.41, 5.74) is -0.324. The zero-order valence-corrected chi connectivity index (χ0v) is 26.7. The van der Waals surface area contributed by atoms with Crippen LogP contribution in [0.2, 0.25) is 0 Å². The summed E-state index contributed by atoms with van der Waals surface area (Å²) in [6.45, 7) is 5.14. The van der Waals surface area contributed by atoms with Crippen molar-refractivity contribution in [2.75, 3.05) is 5.75 Å². The van der Waals surface area contributed by atoms with Gasteiger partial charge in [0.1, 0.15) is 29.3 Å². The van der Waals surface area contributed by atoms with Gasteiger partial charge in [0, 0.05) is 11.3 Å². The van der Waals surface area contributed by atoms with E-state index in [1.807, 2.05) is 91.0 Å². The lowest BCUT2D eigenvalue weighted by Crippen LogP contribution is -2.70. The van der Waals surface area contributed by atoms with E-state index in [1.165, 1.54) is 16.7 Å². The topological polar surface area (TPSA) is 128 Å². The van der Waals surface area contributed by atoms with Crippen LogP contribution in [0.3, 0.4) is 0 Å². The Morgan fingerprint density at radius 2 is 1.45 bits per heavy atom. The van der Waals surface area contributed by atoms with Gasteiger partial charge >= 0.3 is 12.1 Å². The normalized spacial score (nSPS) is 17.6. The van der Waals surface area contributed by atoms with Gasteiger partial charge < -0.3 is 19.5 Å². The number of benzene rings is 3. The third-order valence-electron chi connectivity index (χ3n) is 7.66. The second-order valence-corrected chi connectivity index (χ2v) is 13.2. The Hall–Kier alpha value is -5.16. The number of thioether (sulfide) groups is 1. The monoisotopic (exact) mass is 652 g/mol. The van der Waals surface area contributed by atoms with Crippen LogP contribution in [0.5, 0.6) is 5.75 Å². The summed E-state index contributed by atoms with van der Waals surface area (Å²) >= 11 is 1.24. The molecule has 1 N–H and O–H groups in total. The Morgan fingerprint density at radius 1 is 0.872 bits per heavy atom. The zero-order chi connectivity index (χ0) is 33.3. The number of alkyl carbamates (subject to hydrolysis) is 1. The molecule has 6 rings (SSSR count). The summed E-state index contributed by atoms with van der Waals surface area (Å²) in [5.74, 6) is -1.55. The molecular formula is C36H32N2O8S. The summed E-state index contributed by atoms with van der Waals surface area (Å²) in [4.78, 5) is 67.6. The Labute approximate surface area is 275 Å². The summed E-state index contributed by atoms with van der Waals surface area (Å²) < 4.78 is 17.3. The van der Waals surface area contributed by atoms with Gasteiger partial charge in [-0.15, -0.1) is 11.8 Å². The zero-order valence-electron chi connectivity index (χ0n) is 25.9. The molecule has 47 heavy (non-hydrogen) atoms. The van der Waals surface area contributed by atoms with Gasteiger partial charge in [-0.2, -0.15) is 0 Å². The number of hydrogen-bond acceptors (Lipinski definition) is 9. The number of ether oxygens (including phenoxy) is 3. The fourth-order valence-electron chi connectivity index (χ4n) is 5.49. The van der Waals surface area contributed by atoms with Gasteiger partial charge in [0.2, 0.25) is 5.43 Å². The van der Waals surface area contributed by atoms with Crippen molar-refractivity contribution < 1.29 is 28.6 Å². The van der Waals surface area contributed by atoms with Crippen LogP contribution in [0, 0.1) is 0 Å². The maximum Gasteiger partial charge on any atom is 0.408 e. The molecule has 4 aromatic rings. The summed E-state index contributed by atoms with van der Waals surface area (Å²) in [6, 6.07) is 26.4. The highest BCUT2D eigenvalue weighted by Crippen LogP contribution is 2.45. The molecule has 2 aliphatic rings. The number of fused-ring (bicyclic) bond motifs is 1. The number of carbonyl (C=O) groups excluding carboxylic acids is 3. The van der Waals surface area contributed by atoms with Gasteiger partial charge in [-0.1, -0.05) is 91.0 Å². The third kappa shape index (κ3) is 6.44. The molecule has 0 radical (unpaired) electrons. The standard InChI is InChI=1S/C36H32N2O8S/c1-36(2,3)46-35(43)37-26-32(41)38-27(34(42)45-30(22-15-9-5-10-16-22)23-17-11-6-12-18-23)24(20-47-33(26)38)25-28(39)29(40)31(25)44-19-21-13-7-4-8-14-21/h4-18,26,30,33H,19-20H2,1-3H3,(H,37,43)/t26?,33-/m1/s1. The lowest BCUT2D eigenvalue weighted by Gasteiger charge is -2.49. The quantitative estimate of drug-likeness (QED) is 0.155. The highest BCUT2D eigenvalue weighted by molar-refractivity contribution is 8.00. The maximum absolute atomic E-state index is 14.3. The molecule has 0 bridgehead atoms. The van der Waals surface area contributed by atoms with Gasteiger partial charge in [0.05, 0.1) is 5.56 Å². The first kappa shape index (κ1) is 31.8. The van der Waals surface area contributed by atoms with E-state index in [-0.39, 0.29) is 34.9 Å². The van der Waals surface area contributed by atoms with Crippen molar-refractivity contribution >= 4 is 35.3 Å². The van der Waals surface area contributed by atoms with E-state index >= 15 is 0 Å². The van der Waals surface area contributed by atoms with Crippen LogP contribution in [0.15, 0.2) is 106 Å². The number of β-lactam (4-membered cyclic amide) rings is 1. The second-order valence-electron chi connectivity index (χ2n) is 12.1. The van der Waals surface area contributed by atoms with E-state index in [2.05, 4.69) is 5.32 Å². The lowest BCUT2D eigenvalue weighted by atomic mass is 9.95. The van der Waals surface area contributed by atoms with Crippen molar-refractivity contribution in [3.63, 3.8) is 0 Å². The molecule has 0 aromatic heterocycles. The van der Waals surface area contributed by atoms with Crippen LogP contribution in [0.4, 0.5) is 4.79 Å². The number of rotatable bonds is 9. The molecule has 2 heterocycles. The van der Waals surface area contributed by atoms with Crippen molar-refractivity contribution in [3.05, 3.63) is 139 Å². The van der Waals surface area contributed by atoms with Gasteiger partial charge in [-0.25, -0.2) is 9.59 Å². The first-order valence-electron chi connectivity index (χ1n) is 15.0. The van der Waals surface area contributed by atoms with Gasteiger partial charge in [0.25, 0.3) is 11.3 Å². The molecule has 10 nitrogen and oxygen atoms in total. The smallest absolute Gasteiger partial charge is 0.408 e. The van der Waals surface area contributed by atoms with Crippen LogP contribution in [0.1, 0.15) is 49.1 Å². The highest BCUT2D eigenvalue weighted by Gasteiger charge is 2.56. The molecule has 2 atom stereocenters. The molecule has 2 amide bonds. The largest absolute Gasteiger partial charge is 0.484 e. The van der Waals surface area contributed by atoms with E-state index < -0.39 is 51.9 Å². The van der Waals surface area contributed by atoms with E-state index in [4.69, 9.17) is 14.2 Å². The number of esters is 1. The highest BCUT2D eigenvalue weighted by atomic mass is 32.2. The first-order valence-corrected chi connectivity index (χ1v) is 16.1. The maximum atomic E-state index is 14.3. The summed E-state index contributed by atoms with van der Waals surface area (Å²) in [6.07, 6.45) is -1.62. The molecule has 0 aliphatic carbocycles. The molecule has 1 saturated heterocycles. The molecule has 1 fully saturated rings. The predicted molar refractivity (Wildman–Crippen MR) is 176 cm³/mol. The number of amides is 2. The van der Waals surface area contributed by atoms with E-state index in [1.54, 1.807) is 20.8 Å². The van der Waals surface area contributed by atoms with Crippen LogP contribution in [-0.4, -0.2) is 45.6 Å². The molecular weight excluding hydrogens is 620 g/mol. The average molecular weight is 653 g/mol. The van der Waals surface area contributed by atoms with Crippen molar-refractivity contribution in [2.24, 2.45) is 0 Å². The SMILES string of the molecule is CC(C)(C)OC(=O)NC1C(=O)N2C(C(=O)OC(c3ccccc3)c3ccccc3)=C(c3c(OCc4ccccc4)c(=O)c3=O)CS[C@H]12. The number of nitrogens with one attached hydrogen (secondary N) is 1. The minimum absolute atomic E-state index is 0.0239. The van der Waals surface area contributed by atoms with Crippen molar-refractivity contribution in [2.45, 2.75) is 50.5 Å². The Balaban J connectivity index is 1.38. The van der Waals surface area contributed by atoms with E-state index in [0.717, 1.165) is 5.56 Å². The van der Waals surface area contributed by atoms with Crippen LogP contribution in [-0.2, 0) is 25.7 Å². The molecule has 0 spiro atoms. The van der Waals surface area contributed by atoms with Crippen LogP contribution in [0.25, 0.3) is 5.57 Å². The van der Waals surface area contributed by atoms with Gasteiger partial charge in [0.15, 0.2) is 11.9 Å². The molecule has 240 valence electrons. The van der Waals surface area contributed by atoms with Gasteiger partial charge in [-0.05, 0) is 37.5 Å². The molecule has 2 aliphatic heterocycles. The lowest BCUT2D eigenvalue weighted by molar-refractivity contribution is -0.153. The number of carbonyl (C=O) groups is 3. The third-order valence-corrected chi connectivity index (χ3v) is 8.94. The summed E-state index contributed by atoms with van der Waals surface area (Å²) in [5, 5.41) is 1.92. The fraction of sp³-hybridized carbons (Fsp3) is 0.250. The summed E-state index contributed by atoms with van der Waals surface area (Å²) in [7, 11) is 0. The van der Waals surface area contributed by atoms with Crippen molar-refractivity contribution in [1.82, 2.24) is 10.2 Å². The minimum atomic E-state index is -0.986. The van der Waals surface area contributed by atoms with E-state index in [9.17, 15) is 24.0 Å². The van der Waals surface area contributed by atoms with Crippen molar-refractivity contribution in [3.8, 4) is 5.75 Å². The van der Waals surface area contributed by atoms with E-state index in [0.29, 0.717) is 11.1 Å². The fourth-order valence-corrected chi connectivity index (χ4v) is 6.85. The Morgan fingerprint density at radius 3 is 2.02 bits per heavy atom. The van der Waals surface area contributed by atoms with Crippen LogP contribution < -0.4 is 20.9 Å². The minimum Gasteiger partial charge on any atom is -0.484 e. The average Bonchev–Trinajstić information content (AvgIpc) is 3.07. The van der Waals surface area contributed by atoms with Crippen LogP contribution >= 0.6 is 11.8 Å². The number of hydrogen-bond donors (Lipinski definition) is 1. The molecule has 1 unspecified atom stereocenters. The molecule has 4 aromatic carbocycles. The Bertz CT molecular complexity index is 1870.